The molecule has 0 unspecified atom stereocenters. The second-order valence-corrected chi connectivity index (χ2v) is 11.2. The van der Waals surface area contributed by atoms with E-state index < -0.39 is 23.4 Å². The number of carbonyl (C=O) groups excluding carboxylic acids is 3. The molecule has 3 aliphatic heterocycles. The lowest BCUT2D eigenvalue weighted by molar-refractivity contribution is -0.122. The van der Waals surface area contributed by atoms with Crippen LogP contribution in [0.15, 0.2) is 116 Å². The summed E-state index contributed by atoms with van der Waals surface area (Å²) in [6.07, 6.45) is 5.46. The largest absolute Gasteiger partial charge is 0.497 e. The first-order chi connectivity index (χ1) is 21.5. The van der Waals surface area contributed by atoms with Crippen LogP contribution >= 0.6 is 0 Å². The highest BCUT2D eigenvalue weighted by Crippen LogP contribution is 2.62. The number of nitrogens with zero attached hydrogens (tertiary/aromatic N) is 1. The number of nitrogens with one attached hydrogen (secondary N) is 1. The third-order valence-electron chi connectivity index (χ3n) is 8.98. The first kappa shape index (κ1) is 27.4. The highest BCUT2D eigenvalue weighted by Gasteiger charge is 2.70. The molecule has 1 fully saturated rings. The first-order valence-corrected chi connectivity index (χ1v) is 14.5. The molecular formula is C37H30N2O5. The van der Waals surface area contributed by atoms with Crippen molar-refractivity contribution in [3.05, 3.63) is 144 Å². The van der Waals surface area contributed by atoms with E-state index in [0.29, 0.717) is 40.5 Å². The summed E-state index contributed by atoms with van der Waals surface area (Å²) < 4.78 is 11.1. The Morgan fingerprint density at radius 1 is 0.909 bits per heavy atom. The lowest BCUT2D eigenvalue weighted by Gasteiger charge is -2.38. The molecule has 4 aromatic carbocycles. The number of hydrogen-bond donors (Lipinski definition) is 1. The molecule has 3 aliphatic rings. The van der Waals surface area contributed by atoms with E-state index in [0.717, 1.165) is 11.1 Å². The first-order valence-electron chi connectivity index (χ1n) is 14.5. The summed E-state index contributed by atoms with van der Waals surface area (Å²) in [6, 6.07) is 27.5. The van der Waals surface area contributed by atoms with Crippen LogP contribution in [-0.2, 0) is 10.2 Å². The summed E-state index contributed by atoms with van der Waals surface area (Å²) in [5.74, 6) is -0.814. The molecule has 7 nitrogen and oxygen atoms in total. The Morgan fingerprint density at radius 3 is 2.48 bits per heavy atom. The van der Waals surface area contributed by atoms with Crippen LogP contribution in [0, 0.1) is 5.92 Å². The third-order valence-corrected chi connectivity index (χ3v) is 8.98. The van der Waals surface area contributed by atoms with Gasteiger partial charge in [-0.25, -0.2) is 0 Å². The van der Waals surface area contributed by atoms with Gasteiger partial charge in [-0.15, -0.1) is 0 Å². The van der Waals surface area contributed by atoms with Crippen LogP contribution in [0.5, 0.6) is 11.5 Å². The van der Waals surface area contributed by atoms with Gasteiger partial charge in [0.05, 0.1) is 19.1 Å². The van der Waals surface area contributed by atoms with Crippen LogP contribution in [0.2, 0.25) is 0 Å². The van der Waals surface area contributed by atoms with Gasteiger partial charge in [-0.3, -0.25) is 14.4 Å². The number of anilines is 1. The van der Waals surface area contributed by atoms with Crippen molar-refractivity contribution >= 4 is 29.2 Å². The summed E-state index contributed by atoms with van der Waals surface area (Å²) in [5.41, 5.74) is 2.56. The van der Waals surface area contributed by atoms with Crippen molar-refractivity contribution in [3.63, 3.8) is 0 Å². The molecule has 1 saturated heterocycles. The van der Waals surface area contributed by atoms with Crippen molar-refractivity contribution in [2.75, 3.05) is 19.0 Å². The molecule has 0 aromatic heterocycles. The molecule has 0 radical (unpaired) electrons. The fraction of sp³-hybridized carbons (Fsp3) is 0.162. The number of ether oxygens (including phenoxy) is 2. The van der Waals surface area contributed by atoms with E-state index in [9.17, 15) is 14.4 Å². The molecule has 44 heavy (non-hydrogen) atoms. The smallest absolute Gasteiger partial charge is 0.238 e. The van der Waals surface area contributed by atoms with Crippen molar-refractivity contribution in [1.82, 2.24) is 4.90 Å². The maximum Gasteiger partial charge on any atom is 0.238 e. The number of carbonyl (C=O) groups is 3. The molecule has 3 heterocycles. The van der Waals surface area contributed by atoms with Gasteiger partial charge in [0.25, 0.3) is 0 Å². The molecule has 0 saturated carbocycles. The predicted molar refractivity (Wildman–Crippen MR) is 168 cm³/mol. The number of Topliss-reactive ketones (excluding diaryl/α,β-unsaturated/α-hetero) is 2. The van der Waals surface area contributed by atoms with E-state index in [1.54, 1.807) is 61.7 Å². The molecule has 7 heteroatoms. The van der Waals surface area contributed by atoms with Crippen molar-refractivity contribution in [2.24, 2.45) is 5.92 Å². The SMILES string of the molecule is C=CCOc1ccc(C(=O)[C@@H]2[C@H](C(=O)c3cccc(OC)c3)N3C=Cc4ccccc4[C@H]3[C@@]23C(=O)Nc2ccccc23)cc1. The van der Waals surface area contributed by atoms with Crippen LogP contribution < -0.4 is 14.8 Å². The highest BCUT2D eigenvalue weighted by atomic mass is 16.5. The van der Waals surface area contributed by atoms with Gasteiger partial charge >= 0.3 is 0 Å². The Hall–Kier alpha value is -5.43. The zero-order valence-electron chi connectivity index (χ0n) is 24.1. The average molecular weight is 583 g/mol. The second-order valence-electron chi connectivity index (χ2n) is 11.2. The summed E-state index contributed by atoms with van der Waals surface area (Å²) in [7, 11) is 1.54. The monoisotopic (exact) mass is 582 g/mol. The lowest BCUT2D eigenvalue weighted by Crippen LogP contribution is -2.49. The maximum atomic E-state index is 14.9. The minimum atomic E-state index is -1.40. The summed E-state index contributed by atoms with van der Waals surface area (Å²) >= 11 is 0. The number of fused-ring (bicyclic) bond motifs is 6. The molecule has 1 N–H and O–H groups in total. The van der Waals surface area contributed by atoms with E-state index in [2.05, 4.69) is 11.9 Å². The minimum Gasteiger partial charge on any atom is -0.497 e. The standard InChI is InChI=1S/C37H30N2O5/c1-3-21-44-26-17-15-24(16-18-26)33(40)31-32(34(41)25-10-8-11-27(22-25)43-2)39-20-19-23-9-4-5-12-28(23)35(39)37(31)29-13-6-7-14-30(29)38-36(37)42/h3-20,22,31-32,35H,1,21H2,2H3,(H,38,42)/t31-,32+,35-,37-/m0/s1. The molecule has 218 valence electrons. The number of rotatable bonds is 8. The van der Waals surface area contributed by atoms with Gasteiger partial charge in [-0.1, -0.05) is 67.3 Å². The molecule has 4 atom stereocenters. The van der Waals surface area contributed by atoms with Gasteiger partial charge in [0.1, 0.15) is 29.6 Å². The lowest BCUT2D eigenvalue weighted by atomic mass is 9.62. The Labute approximate surface area is 255 Å². The van der Waals surface area contributed by atoms with Crippen molar-refractivity contribution in [2.45, 2.75) is 17.5 Å². The number of ketones is 2. The number of benzene rings is 4. The number of para-hydroxylation sites is 1. The van der Waals surface area contributed by atoms with E-state index in [-0.39, 0.29) is 17.5 Å². The summed E-state index contributed by atoms with van der Waals surface area (Å²) in [5, 5.41) is 3.08. The van der Waals surface area contributed by atoms with Gasteiger partial charge in [-0.2, -0.15) is 0 Å². The third kappa shape index (κ3) is 4.00. The van der Waals surface area contributed by atoms with Crippen molar-refractivity contribution in [3.8, 4) is 11.5 Å². The molecule has 4 aromatic rings. The van der Waals surface area contributed by atoms with Crippen LogP contribution in [0.3, 0.4) is 0 Å². The van der Waals surface area contributed by atoms with Crippen LogP contribution in [-0.4, -0.2) is 42.1 Å². The van der Waals surface area contributed by atoms with E-state index in [4.69, 9.17) is 9.47 Å². The highest BCUT2D eigenvalue weighted by molar-refractivity contribution is 6.16. The predicted octanol–water partition coefficient (Wildman–Crippen LogP) is 6.24. The van der Waals surface area contributed by atoms with E-state index >= 15 is 0 Å². The fourth-order valence-corrected chi connectivity index (χ4v) is 7.16. The normalized spacial score (nSPS) is 22.5. The zero-order valence-corrected chi connectivity index (χ0v) is 24.1. The Balaban J connectivity index is 1.48. The number of methoxy groups -OCH3 is 1. The minimum absolute atomic E-state index is 0.267. The van der Waals surface area contributed by atoms with Gasteiger partial charge in [0.2, 0.25) is 5.91 Å². The summed E-state index contributed by atoms with van der Waals surface area (Å²) in [6.45, 7) is 4.01. The maximum absolute atomic E-state index is 14.9. The average Bonchev–Trinajstić information content (AvgIpc) is 3.55. The number of amides is 1. The van der Waals surface area contributed by atoms with E-state index in [1.165, 1.54) is 0 Å². The van der Waals surface area contributed by atoms with Gasteiger partial charge in [0.15, 0.2) is 11.6 Å². The van der Waals surface area contributed by atoms with Crippen molar-refractivity contribution in [1.29, 1.82) is 0 Å². The Morgan fingerprint density at radius 2 is 1.68 bits per heavy atom. The van der Waals surface area contributed by atoms with Crippen LogP contribution in [0.4, 0.5) is 5.69 Å². The van der Waals surface area contributed by atoms with Gasteiger partial charge < -0.3 is 19.7 Å². The fourth-order valence-electron chi connectivity index (χ4n) is 7.16. The van der Waals surface area contributed by atoms with Crippen molar-refractivity contribution < 1.29 is 23.9 Å². The molecule has 7 rings (SSSR count). The Kier molecular flexibility index (Phi) is 6.66. The molecule has 1 spiro atoms. The number of hydrogen-bond acceptors (Lipinski definition) is 6. The zero-order chi connectivity index (χ0) is 30.4. The van der Waals surface area contributed by atoms with E-state index in [1.807, 2.05) is 65.7 Å². The van der Waals surface area contributed by atoms with Gasteiger partial charge in [0, 0.05) is 23.0 Å². The molecule has 1 amide bonds. The quantitative estimate of drug-likeness (QED) is 0.196. The summed E-state index contributed by atoms with van der Waals surface area (Å²) in [4.78, 5) is 46.2. The molecule has 0 aliphatic carbocycles. The molecule has 0 bridgehead atoms. The van der Waals surface area contributed by atoms with Crippen LogP contribution in [0.25, 0.3) is 6.08 Å². The Bertz CT molecular complexity index is 1840. The molecular weight excluding hydrogens is 552 g/mol. The second kappa shape index (κ2) is 10.7. The van der Waals surface area contributed by atoms with Gasteiger partial charge in [-0.05, 0) is 65.2 Å². The van der Waals surface area contributed by atoms with Crippen LogP contribution in [0.1, 0.15) is 43.4 Å². The topological polar surface area (TPSA) is 84.9 Å².